The number of methoxy groups -OCH3 is 1. The first-order chi connectivity index (χ1) is 9.54. The third-order valence-electron chi connectivity index (χ3n) is 2.85. The van der Waals surface area contributed by atoms with E-state index in [1.807, 2.05) is 18.2 Å². The number of aliphatic hydroxyl groups excluding tert-OH is 1. The van der Waals surface area contributed by atoms with E-state index in [1.165, 1.54) is 0 Å². The van der Waals surface area contributed by atoms with Gasteiger partial charge < -0.3 is 9.84 Å². The van der Waals surface area contributed by atoms with Gasteiger partial charge in [-0.05, 0) is 56.7 Å². The quantitative estimate of drug-likeness (QED) is 0.617. The minimum absolute atomic E-state index is 0.545. The Hall–Kier alpha value is 0.0400. The third-order valence-corrected chi connectivity index (χ3v) is 4.94. The molecule has 0 bridgehead atoms. The topological polar surface area (TPSA) is 47.3 Å². The molecule has 2 aromatic rings. The second-order valence-corrected chi connectivity index (χ2v) is 7.09. The predicted octanol–water partition coefficient (Wildman–Crippen LogP) is 3.74. The molecule has 0 radical (unpaired) electrons. The molecule has 0 amide bonds. The number of benzene rings is 1. The van der Waals surface area contributed by atoms with Crippen molar-refractivity contribution in [1.29, 1.82) is 0 Å². The van der Waals surface area contributed by atoms with E-state index in [4.69, 9.17) is 4.74 Å². The molecule has 1 heterocycles. The first-order valence-electron chi connectivity index (χ1n) is 5.87. The van der Waals surface area contributed by atoms with Crippen molar-refractivity contribution in [2.75, 3.05) is 13.7 Å². The van der Waals surface area contributed by atoms with Crippen molar-refractivity contribution in [1.82, 2.24) is 9.78 Å². The molecule has 1 aromatic heterocycles. The number of halogens is 3. The molecule has 1 N–H and O–H groups in total. The fourth-order valence-corrected chi connectivity index (χ4v) is 3.39. The van der Waals surface area contributed by atoms with Gasteiger partial charge in [-0.2, -0.15) is 5.10 Å². The van der Waals surface area contributed by atoms with E-state index in [2.05, 4.69) is 59.5 Å². The van der Waals surface area contributed by atoms with Gasteiger partial charge in [0.25, 0.3) is 0 Å². The maximum atomic E-state index is 10.7. The number of nitrogens with zero attached hydrogens (tertiary/aromatic N) is 2. The lowest BCUT2D eigenvalue weighted by Gasteiger charge is -2.16. The van der Waals surface area contributed by atoms with E-state index in [0.29, 0.717) is 13.2 Å². The summed E-state index contributed by atoms with van der Waals surface area (Å²) in [5.41, 5.74) is 1.58. The molecule has 1 atom stereocenters. The molecule has 0 saturated heterocycles. The highest BCUT2D eigenvalue weighted by Gasteiger charge is 2.21. The zero-order valence-electron chi connectivity index (χ0n) is 10.7. The molecule has 0 aliphatic rings. The number of hydrogen-bond acceptors (Lipinski definition) is 3. The first kappa shape index (κ1) is 16.4. The Bertz CT molecular complexity index is 604. The number of ether oxygens (including phenoxy) is 1. The van der Waals surface area contributed by atoms with Gasteiger partial charge in [-0.1, -0.05) is 15.9 Å². The molecule has 0 saturated carbocycles. The van der Waals surface area contributed by atoms with Crippen LogP contribution in [0.2, 0.25) is 0 Å². The van der Waals surface area contributed by atoms with Crippen LogP contribution in [-0.2, 0) is 11.3 Å². The van der Waals surface area contributed by atoms with Crippen LogP contribution in [-0.4, -0.2) is 28.6 Å². The third kappa shape index (κ3) is 3.62. The Kier molecular flexibility index (Phi) is 6.03. The van der Waals surface area contributed by atoms with Crippen LogP contribution in [0, 0.1) is 3.57 Å². The average molecular weight is 516 g/mol. The van der Waals surface area contributed by atoms with Gasteiger partial charge in [0.2, 0.25) is 0 Å². The summed E-state index contributed by atoms with van der Waals surface area (Å²) in [6.45, 7) is 1.14. The number of hydrogen-bond donors (Lipinski definition) is 1. The lowest BCUT2D eigenvalue weighted by Crippen LogP contribution is -2.14. The molecule has 0 aliphatic carbocycles. The van der Waals surface area contributed by atoms with Crippen LogP contribution in [0.1, 0.15) is 17.4 Å². The molecular weight excluding hydrogens is 503 g/mol. The molecule has 0 fully saturated rings. The molecule has 20 heavy (non-hydrogen) atoms. The fraction of sp³-hybridized carbons (Fsp3) is 0.308. The zero-order chi connectivity index (χ0) is 14.7. The molecule has 1 aromatic carbocycles. The van der Waals surface area contributed by atoms with Crippen molar-refractivity contribution in [3.05, 3.63) is 48.2 Å². The van der Waals surface area contributed by atoms with Crippen molar-refractivity contribution in [2.24, 2.45) is 0 Å². The number of aromatic nitrogens is 2. The van der Waals surface area contributed by atoms with Gasteiger partial charge in [0.15, 0.2) is 0 Å². The number of rotatable bonds is 5. The van der Waals surface area contributed by atoms with Gasteiger partial charge >= 0.3 is 0 Å². The molecule has 108 valence electrons. The van der Waals surface area contributed by atoms with Crippen molar-refractivity contribution in [3.8, 4) is 0 Å². The van der Waals surface area contributed by atoms with Crippen molar-refractivity contribution < 1.29 is 9.84 Å². The van der Waals surface area contributed by atoms with Gasteiger partial charge in [0.05, 0.1) is 29.5 Å². The van der Waals surface area contributed by atoms with Gasteiger partial charge in [0, 0.05) is 20.7 Å². The van der Waals surface area contributed by atoms with E-state index < -0.39 is 6.10 Å². The maximum absolute atomic E-state index is 10.7. The van der Waals surface area contributed by atoms with Gasteiger partial charge in [-0.15, -0.1) is 0 Å². The Balaban J connectivity index is 2.39. The first-order valence-corrected chi connectivity index (χ1v) is 8.54. The monoisotopic (exact) mass is 514 g/mol. The molecule has 7 heteroatoms. The van der Waals surface area contributed by atoms with Crippen LogP contribution in [0.5, 0.6) is 0 Å². The largest absolute Gasteiger partial charge is 0.383 e. The molecule has 2 rings (SSSR count). The van der Waals surface area contributed by atoms with Crippen LogP contribution in [0.4, 0.5) is 0 Å². The van der Waals surface area contributed by atoms with E-state index >= 15 is 0 Å². The summed E-state index contributed by atoms with van der Waals surface area (Å²) in [4.78, 5) is 0. The SMILES string of the molecule is COCCn1ncc(Br)c1C(O)c1cc(Br)ccc1I. The summed E-state index contributed by atoms with van der Waals surface area (Å²) in [5, 5.41) is 15.0. The molecular formula is C13H13Br2IN2O2. The van der Waals surface area contributed by atoms with Crippen molar-refractivity contribution in [3.63, 3.8) is 0 Å². The van der Waals surface area contributed by atoms with Crippen LogP contribution in [0.15, 0.2) is 33.3 Å². The zero-order valence-corrected chi connectivity index (χ0v) is 16.0. The highest BCUT2D eigenvalue weighted by molar-refractivity contribution is 14.1. The highest BCUT2D eigenvalue weighted by Crippen LogP contribution is 2.32. The Morgan fingerprint density at radius 1 is 1.45 bits per heavy atom. The normalized spacial score (nSPS) is 12.7. The van der Waals surface area contributed by atoms with Gasteiger partial charge in [0.1, 0.15) is 6.10 Å². The van der Waals surface area contributed by atoms with Crippen LogP contribution >= 0.6 is 54.5 Å². The van der Waals surface area contributed by atoms with Crippen LogP contribution < -0.4 is 0 Å². The standard InChI is InChI=1S/C13H13Br2IN2O2/c1-20-5-4-18-12(10(15)7-17-18)13(19)9-6-8(14)2-3-11(9)16/h2-3,6-7,13,19H,4-5H2,1H3. The predicted molar refractivity (Wildman–Crippen MR) is 92.7 cm³/mol. The molecule has 4 nitrogen and oxygen atoms in total. The second kappa shape index (κ2) is 7.35. The van der Waals surface area contributed by atoms with Crippen LogP contribution in [0.25, 0.3) is 0 Å². The van der Waals surface area contributed by atoms with Gasteiger partial charge in [-0.3, -0.25) is 4.68 Å². The van der Waals surface area contributed by atoms with Crippen molar-refractivity contribution in [2.45, 2.75) is 12.6 Å². The maximum Gasteiger partial charge on any atom is 0.123 e. The van der Waals surface area contributed by atoms with Crippen molar-refractivity contribution >= 4 is 54.5 Å². The second-order valence-electron chi connectivity index (χ2n) is 4.16. The summed E-state index contributed by atoms with van der Waals surface area (Å²) in [6.07, 6.45) is 0.951. The summed E-state index contributed by atoms with van der Waals surface area (Å²) in [6, 6.07) is 5.84. The minimum atomic E-state index is -0.742. The van der Waals surface area contributed by atoms with E-state index in [1.54, 1.807) is 18.0 Å². The summed E-state index contributed by atoms with van der Waals surface area (Å²) in [5.74, 6) is 0. The lowest BCUT2D eigenvalue weighted by molar-refractivity contribution is 0.171. The Labute approximate surface area is 147 Å². The number of aliphatic hydroxyl groups is 1. The Morgan fingerprint density at radius 3 is 2.90 bits per heavy atom. The smallest absolute Gasteiger partial charge is 0.123 e. The van der Waals surface area contributed by atoms with Crippen LogP contribution in [0.3, 0.4) is 0 Å². The van der Waals surface area contributed by atoms with E-state index in [-0.39, 0.29) is 0 Å². The van der Waals surface area contributed by atoms with E-state index in [9.17, 15) is 5.11 Å². The summed E-state index contributed by atoms with van der Waals surface area (Å²) < 4.78 is 9.56. The Morgan fingerprint density at radius 2 is 2.20 bits per heavy atom. The summed E-state index contributed by atoms with van der Waals surface area (Å²) >= 11 is 9.11. The highest BCUT2D eigenvalue weighted by atomic mass is 127. The van der Waals surface area contributed by atoms with E-state index in [0.717, 1.165) is 23.8 Å². The molecule has 1 unspecified atom stereocenters. The fourth-order valence-electron chi connectivity index (χ4n) is 1.87. The summed E-state index contributed by atoms with van der Waals surface area (Å²) in [7, 11) is 1.64. The minimum Gasteiger partial charge on any atom is -0.383 e. The molecule has 0 spiro atoms. The average Bonchev–Trinajstić information content (AvgIpc) is 2.79. The molecule has 0 aliphatic heterocycles. The van der Waals surface area contributed by atoms with Gasteiger partial charge in [-0.25, -0.2) is 0 Å². The lowest BCUT2D eigenvalue weighted by atomic mass is 10.1.